The number of amides is 2. The number of hydrogen-bond acceptors (Lipinski definition) is 3. The Kier molecular flexibility index (Phi) is 2.77. The Hall–Kier alpha value is -2.43. The molecule has 0 spiro atoms. The predicted molar refractivity (Wildman–Crippen MR) is 60.2 cm³/mol. The Morgan fingerprint density at radius 1 is 1.06 bits per heavy atom. The van der Waals surface area contributed by atoms with Crippen molar-refractivity contribution >= 4 is 17.7 Å². The van der Waals surface area contributed by atoms with Gasteiger partial charge in [0.2, 0.25) is 5.95 Å². The fraction of sp³-hybridized carbons (Fsp3) is 0. The Labute approximate surface area is 92.6 Å². The molecule has 0 radical (unpaired) electrons. The standard InChI is InChI=1S/C11H10N4O/c12-10(16)15(9-5-2-1-3-6-9)11-13-7-4-8-14-11/h1-8H,(H2,12,16). The highest BCUT2D eigenvalue weighted by atomic mass is 16.2. The summed E-state index contributed by atoms with van der Waals surface area (Å²) < 4.78 is 0. The molecule has 2 N–H and O–H groups in total. The largest absolute Gasteiger partial charge is 0.351 e. The van der Waals surface area contributed by atoms with Crippen molar-refractivity contribution in [2.45, 2.75) is 0 Å². The Bertz CT molecular complexity index is 432. The molecule has 1 aromatic carbocycles. The molecule has 0 aliphatic carbocycles. The third-order valence-corrected chi connectivity index (χ3v) is 1.99. The van der Waals surface area contributed by atoms with Crippen LogP contribution in [0, 0.1) is 0 Å². The minimum atomic E-state index is -0.614. The van der Waals surface area contributed by atoms with E-state index in [9.17, 15) is 4.79 Å². The van der Waals surface area contributed by atoms with Gasteiger partial charge in [-0.25, -0.2) is 19.7 Å². The minimum absolute atomic E-state index is 0.265. The third-order valence-electron chi connectivity index (χ3n) is 1.99. The van der Waals surface area contributed by atoms with Crippen molar-refractivity contribution in [1.82, 2.24) is 9.97 Å². The number of carbonyl (C=O) groups excluding carboxylic acids is 1. The molecule has 0 unspecified atom stereocenters. The maximum atomic E-state index is 11.4. The minimum Gasteiger partial charge on any atom is -0.351 e. The van der Waals surface area contributed by atoms with Crippen molar-refractivity contribution in [2.24, 2.45) is 5.73 Å². The molecule has 0 bridgehead atoms. The first-order chi connectivity index (χ1) is 7.79. The molecule has 1 heterocycles. The fourth-order valence-corrected chi connectivity index (χ4v) is 1.33. The van der Waals surface area contributed by atoms with Gasteiger partial charge in [0, 0.05) is 12.4 Å². The van der Waals surface area contributed by atoms with E-state index >= 15 is 0 Å². The van der Waals surface area contributed by atoms with E-state index in [0.29, 0.717) is 5.69 Å². The first-order valence-electron chi connectivity index (χ1n) is 4.70. The number of para-hydroxylation sites is 1. The van der Waals surface area contributed by atoms with Crippen molar-refractivity contribution in [3.05, 3.63) is 48.8 Å². The SMILES string of the molecule is NC(=O)N(c1ccccc1)c1ncccn1. The second kappa shape index (κ2) is 4.39. The number of anilines is 2. The van der Waals surface area contributed by atoms with Gasteiger partial charge >= 0.3 is 6.03 Å². The quantitative estimate of drug-likeness (QED) is 0.826. The van der Waals surface area contributed by atoms with Gasteiger partial charge in [-0.05, 0) is 18.2 Å². The Morgan fingerprint density at radius 3 is 2.25 bits per heavy atom. The number of nitrogens with zero attached hydrogens (tertiary/aromatic N) is 3. The molecule has 2 rings (SSSR count). The van der Waals surface area contributed by atoms with Crippen molar-refractivity contribution in [1.29, 1.82) is 0 Å². The first kappa shape index (κ1) is 10.1. The summed E-state index contributed by atoms with van der Waals surface area (Å²) >= 11 is 0. The molecule has 2 amide bonds. The van der Waals surface area contributed by atoms with E-state index in [1.54, 1.807) is 30.6 Å². The molecule has 2 aromatic rings. The van der Waals surface area contributed by atoms with Gasteiger partial charge in [-0.1, -0.05) is 18.2 Å². The summed E-state index contributed by atoms with van der Waals surface area (Å²) in [6, 6.07) is 10.1. The highest BCUT2D eigenvalue weighted by molar-refractivity contribution is 5.96. The van der Waals surface area contributed by atoms with Gasteiger partial charge in [-0.3, -0.25) is 0 Å². The zero-order valence-corrected chi connectivity index (χ0v) is 8.45. The lowest BCUT2D eigenvalue weighted by molar-refractivity contribution is 0.256. The number of hydrogen-bond donors (Lipinski definition) is 1. The van der Waals surface area contributed by atoms with Crippen molar-refractivity contribution < 1.29 is 4.79 Å². The van der Waals surface area contributed by atoms with E-state index in [0.717, 1.165) is 0 Å². The van der Waals surface area contributed by atoms with Crippen LogP contribution in [0.5, 0.6) is 0 Å². The molecule has 0 fully saturated rings. The number of carbonyl (C=O) groups is 1. The smallest absolute Gasteiger partial charge is 0.326 e. The van der Waals surface area contributed by atoms with Crippen LogP contribution < -0.4 is 10.6 Å². The topological polar surface area (TPSA) is 72.1 Å². The summed E-state index contributed by atoms with van der Waals surface area (Å²) in [5.41, 5.74) is 5.95. The molecule has 1 aromatic heterocycles. The van der Waals surface area contributed by atoms with Crippen LogP contribution in [-0.4, -0.2) is 16.0 Å². The van der Waals surface area contributed by atoms with E-state index in [1.165, 1.54) is 4.90 Å². The van der Waals surface area contributed by atoms with Gasteiger partial charge in [0.25, 0.3) is 0 Å². The third kappa shape index (κ3) is 1.98. The average molecular weight is 214 g/mol. The molecule has 0 aliphatic rings. The second-order valence-corrected chi connectivity index (χ2v) is 3.06. The summed E-state index contributed by atoms with van der Waals surface area (Å²) in [4.78, 5) is 20.6. The molecule has 0 aliphatic heterocycles. The maximum absolute atomic E-state index is 11.4. The highest BCUT2D eigenvalue weighted by Gasteiger charge is 2.16. The highest BCUT2D eigenvalue weighted by Crippen LogP contribution is 2.20. The second-order valence-electron chi connectivity index (χ2n) is 3.06. The summed E-state index contributed by atoms with van der Waals surface area (Å²) in [6.07, 6.45) is 3.11. The van der Waals surface area contributed by atoms with E-state index in [4.69, 9.17) is 5.73 Å². The van der Waals surface area contributed by atoms with Crippen molar-refractivity contribution in [3.63, 3.8) is 0 Å². The Morgan fingerprint density at radius 2 is 1.69 bits per heavy atom. The lowest BCUT2D eigenvalue weighted by Gasteiger charge is -2.17. The molecule has 0 saturated heterocycles. The zero-order chi connectivity index (χ0) is 11.4. The van der Waals surface area contributed by atoms with Crippen LogP contribution in [0.3, 0.4) is 0 Å². The molecule has 80 valence electrons. The van der Waals surface area contributed by atoms with E-state index in [2.05, 4.69) is 9.97 Å². The lowest BCUT2D eigenvalue weighted by atomic mass is 10.3. The summed E-state index contributed by atoms with van der Waals surface area (Å²) in [7, 11) is 0. The van der Waals surface area contributed by atoms with Crippen LogP contribution in [-0.2, 0) is 0 Å². The summed E-state index contributed by atoms with van der Waals surface area (Å²) in [5, 5.41) is 0. The number of nitrogens with two attached hydrogens (primary N) is 1. The maximum Gasteiger partial charge on any atom is 0.326 e. The molecular formula is C11H10N4O. The Balaban J connectivity index is 2.44. The number of aromatic nitrogens is 2. The van der Waals surface area contributed by atoms with Crippen LogP contribution >= 0.6 is 0 Å². The van der Waals surface area contributed by atoms with Crippen LogP contribution in [0.1, 0.15) is 0 Å². The monoisotopic (exact) mass is 214 g/mol. The van der Waals surface area contributed by atoms with Crippen LogP contribution in [0.25, 0.3) is 0 Å². The number of rotatable bonds is 2. The van der Waals surface area contributed by atoms with Gasteiger partial charge in [0.1, 0.15) is 0 Å². The van der Waals surface area contributed by atoms with Gasteiger partial charge in [-0.15, -0.1) is 0 Å². The zero-order valence-electron chi connectivity index (χ0n) is 8.45. The average Bonchev–Trinajstić information content (AvgIpc) is 2.31. The number of primary amides is 1. The fourth-order valence-electron chi connectivity index (χ4n) is 1.33. The summed E-state index contributed by atoms with van der Waals surface area (Å²) in [5.74, 6) is 0.265. The van der Waals surface area contributed by atoms with E-state index in [1.807, 2.05) is 18.2 Å². The molecular weight excluding hydrogens is 204 g/mol. The van der Waals surface area contributed by atoms with Crippen molar-refractivity contribution in [3.8, 4) is 0 Å². The van der Waals surface area contributed by atoms with Crippen LogP contribution in [0.2, 0.25) is 0 Å². The van der Waals surface area contributed by atoms with Gasteiger partial charge in [-0.2, -0.15) is 0 Å². The molecule has 0 atom stereocenters. The molecule has 5 nitrogen and oxygen atoms in total. The normalized spacial score (nSPS) is 9.75. The lowest BCUT2D eigenvalue weighted by Crippen LogP contribution is -2.32. The first-order valence-corrected chi connectivity index (χ1v) is 4.70. The predicted octanol–water partition coefficient (Wildman–Crippen LogP) is 1.69. The van der Waals surface area contributed by atoms with Crippen LogP contribution in [0.4, 0.5) is 16.4 Å². The number of benzene rings is 1. The van der Waals surface area contributed by atoms with Gasteiger partial charge in [0.05, 0.1) is 5.69 Å². The van der Waals surface area contributed by atoms with Gasteiger partial charge in [0.15, 0.2) is 0 Å². The summed E-state index contributed by atoms with van der Waals surface area (Å²) in [6.45, 7) is 0. The molecule has 5 heteroatoms. The van der Waals surface area contributed by atoms with E-state index in [-0.39, 0.29) is 5.95 Å². The molecule has 16 heavy (non-hydrogen) atoms. The molecule has 0 saturated carbocycles. The van der Waals surface area contributed by atoms with Crippen LogP contribution in [0.15, 0.2) is 48.8 Å². The van der Waals surface area contributed by atoms with Crippen molar-refractivity contribution in [2.75, 3.05) is 4.90 Å². The van der Waals surface area contributed by atoms with E-state index < -0.39 is 6.03 Å². The van der Waals surface area contributed by atoms with Gasteiger partial charge < -0.3 is 5.73 Å². The number of urea groups is 1.